The third-order valence-electron chi connectivity index (χ3n) is 3.76. The summed E-state index contributed by atoms with van der Waals surface area (Å²) in [6.45, 7) is 0. The van der Waals surface area contributed by atoms with Crippen molar-refractivity contribution in [1.29, 1.82) is 0 Å². The van der Waals surface area contributed by atoms with Crippen LogP contribution in [0.4, 0.5) is 5.69 Å². The Kier molecular flexibility index (Phi) is 4.37. The van der Waals surface area contributed by atoms with Crippen LogP contribution in [-0.4, -0.2) is 43.5 Å². The molecule has 124 valence electrons. The molecule has 0 amide bonds. The maximum Gasteiger partial charge on any atom is 0.181 e. The van der Waals surface area contributed by atoms with E-state index >= 15 is 0 Å². The molecule has 3 aromatic rings. The second kappa shape index (κ2) is 6.62. The molecular formula is C18H20N4O2. The maximum atomic E-state index is 5.34. The highest BCUT2D eigenvalue weighted by molar-refractivity contribution is 5.66. The molecule has 1 heterocycles. The average Bonchev–Trinajstić information content (AvgIpc) is 3.11. The molecule has 0 radical (unpaired) electrons. The number of anilines is 1. The Bertz CT molecular complexity index is 843. The fourth-order valence-electron chi connectivity index (χ4n) is 2.43. The molecule has 0 fully saturated rings. The number of nitrogens with one attached hydrogen (secondary N) is 1. The smallest absolute Gasteiger partial charge is 0.181 e. The first kappa shape index (κ1) is 15.9. The van der Waals surface area contributed by atoms with Crippen molar-refractivity contribution in [3.8, 4) is 34.3 Å². The zero-order valence-corrected chi connectivity index (χ0v) is 14.2. The monoisotopic (exact) mass is 324 g/mol. The lowest BCUT2D eigenvalue weighted by molar-refractivity contribution is 0.355. The van der Waals surface area contributed by atoms with Crippen molar-refractivity contribution in [3.63, 3.8) is 0 Å². The number of H-pyrrole nitrogens is 1. The second-order valence-electron chi connectivity index (χ2n) is 5.52. The van der Waals surface area contributed by atoms with Gasteiger partial charge in [0.15, 0.2) is 23.1 Å². The van der Waals surface area contributed by atoms with Crippen LogP contribution < -0.4 is 14.4 Å². The molecule has 0 aliphatic heterocycles. The Labute approximate surface area is 141 Å². The molecule has 0 aliphatic carbocycles. The van der Waals surface area contributed by atoms with Gasteiger partial charge in [-0.1, -0.05) is 12.1 Å². The minimum absolute atomic E-state index is 0.612. The van der Waals surface area contributed by atoms with Gasteiger partial charge in [-0.3, -0.25) is 5.10 Å². The molecule has 0 saturated heterocycles. The van der Waals surface area contributed by atoms with Crippen LogP contribution in [0.3, 0.4) is 0 Å². The van der Waals surface area contributed by atoms with Gasteiger partial charge in [-0.2, -0.15) is 5.10 Å². The van der Waals surface area contributed by atoms with Gasteiger partial charge in [0, 0.05) is 30.9 Å². The Morgan fingerprint density at radius 2 is 1.71 bits per heavy atom. The van der Waals surface area contributed by atoms with Crippen LogP contribution in [0.5, 0.6) is 11.5 Å². The molecule has 0 spiro atoms. The average molecular weight is 324 g/mol. The van der Waals surface area contributed by atoms with Crippen molar-refractivity contribution in [1.82, 2.24) is 15.2 Å². The van der Waals surface area contributed by atoms with Crippen LogP contribution in [0, 0.1) is 0 Å². The van der Waals surface area contributed by atoms with E-state index in [0.29, 0.717) is 17.3 Å². The van der Waals surface area contributed by atoms with E-state index in [0.717, 1.165) is 22.6 Å². The van der Waals surface area contributed by atoms with Crippen LogP contribution in [0.15, 0.2) is 42.5 Å². The Morgan fingerprint density at radius 1 is 0.917 bits per heavy atom. The summed E-state index contributed by atoms with van der Waals surface area (Å²) in [6.07, 6.45) is 0. The van der Waals surface area contributed by atoms with E-state index in [-0.39, 0.29) is 0 Å². The first-order chi connectivity index (χ1) is 11.6. The molecule has 2 aromatic carbocycles. The van der Waals surface area contributed by atoms with Crippen LogP contribution in [-0.2, 0) is 0 Å². The lowest BCUT2D eigenvalue weighted by atomic mass is 10.1. The van der Waals surface area contributed by atoms with Gasteiger partial charge in [0.05, 0.1) is 14.2 Å². The van der Waals surface area contributed by atoms with E-state index in [1.54, 1.807) is 14.2 Å². The van der Waals surface area contributed by atoms with E-state index < -0.39 is 0 Å². The molecule has 3 rings (SSSR count). The summed E-state index contributed by atoms with van der Waals surface area (Å²) in [5.74, 6) is 2.66. The fraction of sp³-hybridized carbons (Fsp3) is 0.222. The Hall–Kier alpha value is -3.02. The second-order valence-corrected chi connectivity index (χ2v) is 5.52. The topological polar surface area (TPSA) is 63.3 Å². The largest absolute Gasteiger partial charge is 0.493 e. The molecule has 1 aromatic heterocycles. The normalized spacial score (nSPS) is 10.5. The van der Waals surface area contributed by atoms with Crippen molar-refractivity contribution < 1.29 is 9.47 Å². The van der Waals surface area contributed by atoms with Gasteiger partial charge in [-0.25, -0.2) is 4.98 Å². The third-order valence-corrected chi connectivity index (χ3v) is 3.76. The van der Waals surface area contributed by atoms with Crippen LogP contribution in [0.2, 0.25) is 0 Å². The lowest BCUT2D eigenvalue weighted by Gasteiger charge is -2.12. The quantitative estimate of drug-likeness (QED) is 0.781. The number of methoxy groups -OCH3 is 2. The highest BCUT2D eigenvalue weighted by Crippen LogP contribution is 2.31. The van der Waals surface area contributed by atoms with Gasteiger partial charge in [-0.15, -0.1) is 0 Å². The number of hydrogen-bond acceptors (Lipinski definition) is 5. The molecule has 0 bridgehead atoms. The molecule has 24 heavy (non-hydrogen) atoms. The number of rotatable bonds is 5. The van der Waals surface area contributed by atoms with Crippen LogP contribution in [0.25, 0.3) is 22.8 Å². The Morgan fingerprint density at radius 3 is 2.42 bits per heavy atom. The summed E-state index contributed by atoms with van der Waals surface area (Å²) in [4.78, 5) is 6.65. The van der Waals surface area contributed by atoms with Crippen molar-refractivity contribution in [3.05, 3.63) is 42.5 Å². The molecule has 0 unspecified atom stereocenters. The fourth-order valence-corrected chi connectivity index (χ4v) is 2.43. The van der Waals surface area contributed by atoms with Crippen LogP contribution >= 0.6 is 0 Å². The molecule has 6 heteroatoms. The maximum absolute atomic E-state index is 5.34. The van der Waals surface area contributed by atoms with E-state index in [1.807, 2.05) is 44.4 Å². The summed E-state index contributed by atoms with van der Waals surface area (Å²) in [6, 6.07) is 13.7. The number of aromatic amines is 1. The van der Waals surface area contributed by atoms with E-state index in [2.05, 4.69) is 32.2 Å². The van der Waals surface area contributed by atoms with E-state index in [4.69, 9.17) is 9.47 Å². The zero-order valence-electron chi connectivity index (χ0n) is 14.2. The molecule has 1 N–H and O–H groups in total. The summed E-state index contributed by atoms with van der Waals surface area (Å²) in [7, 11) is 7.24. The SMILES string of the molecule is COc1ccc(-c2n[nH]c(-c3cccc(N(C)C)c3)n2)cc1OC. The highest BCUT2D eigenvalue weighted by Gasteiger charge is 2.11. The van der Waals surface area contributed by atoms with E-state index in [1.165, 1.54) is 0 Å². The van der Waals surface area contributed by atoms with Gasteiger partial charge in [0.2, 0.25) is 0 Å². The van der Waals surface area contributed by atoms with E-state index in [9.17, 15) is 0 Å². The van der Waals surface area contributed by atoms with Gasteiger partial charge in [-0.05, 0) is 30.3 Å². The Balaban J connectivity index is 1.95. The molecule has 6 nitrogen and oxygen atoms in total. The summed E-state index contributed by atoms with van der Waals surface area (Å²) in [5.41, 5.74) is 2.95. The number of ether oxygens (including phenoxy) is 2. The molecule has 0 atom stereocenters. The standard InChI is InChI=1S/C18H20N4O2/c1-22(2)14-7-5-6-12(10-14)17-19-18(21-20-17)13-8-9-15(23-3)16(11-13)24-4/h5-11H,1-4H3,(H,19,20,21). The minimum atomic E-state index is 0.612. The van der Waals surface area contributed by atoms with Gasteiger partial charge in [0.25, 0.3) is 0 Å². The number of hydrogen-bond donors (Lipinski definition) is 1. The zero-order chi connectivity index (χ0) is 17.1. The number of benzene rings is 2. The van der Waals surface area contributed by atoms with Crippen LogP contribution in [0.1, 0.15) is 0 Å². The predicted octanol–water partition coefficient (Wildman–Crippen LogP) is 3.22. The number of nitrogens with zero attached hydrogens (tertiary/aromatic N) is 3. The van der Waals surface area contributed by atoms with Crippen molar-refractivity contribution in [2.75, 3.05) is 33.2 Å². The summed E-state index contributed by atoms with van der Waals surface area (Å²) >= 11 is 0. The predicted molar refractivity (Wildman–Crippen MR) is 94.7 cm³/mol. The summed E-state index contributed by atoms with van der Waals surface area (Å²) in [5, 5.41) is 7.32. The summed E-state index contributed by atoms with van der Waals surface area (Å²) < 4.78 is 10.6. The minimum Gasteiger partial charge on any atom is -0.493 e. The highest BCUT2D eigenvalue weighted by atomic mass is 16.5. The van der Waals surface area contributed by atoms with Gasteiger partial charge >= 0.3 is 0 Å². The lowest BCUT2D eigenvalue weighted by Crippen LogP contribution is -2.08. The first-order valence-corrected chi connectivity index (χ1v) is 7.55. The van der Waals surface area contributed by atoms with Crippen molar-refractivity contribution in [2.45, 2.75) is 0 Å². The van der Waals surface area contributed by atoms with Gasteiger partial charge in [0.1, 0.15) is 0 Å². The van der Waals surface area contributed by atoms with Crippen molar-refractivity contribution >= 4 is 5.69 Å². The van der Waals surface area contributed by atoms with Gasteiger partial charge < -0.3 is 14.4 Å². The third kappa shape index (κ3) is 3.03. The van der Waals surface area contributed by atoms with Crippen molar-refractivity contribution in [2.24, 2.45) is 0 Å². The molecule has 0 saturated carbocycles. The molecule has 0 aliphatic rings. The number of aromatic nitrogens is 3. The molecular weight excluding hydrogens is 304 g/mol. The first-order valence-electron chi connectivity index (χ1n) is 7.55.